The van der Waals surface area contributed by atoms with Crippen molar-refractivity contribution in [3.8, 4) is 22.9 Å². The van der Waals surface area contributed by atoms with E-state index < -0.39 is 15.3 Å². The molecule has 1 heterocycles. The third-order valence-electron chi connectivity index (χ3n) is 6.03. The molecule has 4 rings (SSSR count). The lowest BCUT2D eigenvalue weighted by atomic mass is 9.77. The van der Waals surface area contributed by atoms with Crippen molar-refractivity contribution in [3.05, 3.63) is 105 Å². The molecule has 0 aliphatic carbocycles. The number of nitriles is 1. The van der Waals surface area contributed by atoms with Crippen LogP contribution in [0.5, 0.6) is 5.75 Å². The van der Waals surface area contributed by atoms with Gasteiger partial charge >= 0.3 is 0 Å². The summed E-state index contributed by atoms with van der Waals surface area (Å²) >= 11 is 12.9. The molecule has 0 saturated heterocycles. The number of sulfone groups is 1. The monoisotopic (exact) mass is 551 g/mol. The first-order chi connectivity index (χ1) is 17.5. The lowest BCUT2D eigenvalue weighted by molar-refractivity contribution is 0.299. The Morgan fingerprint density at radius 2 is 1.73 bits per heavy atom. The first kappa shape index (κ1) is 26.6. The fourth-order valence-corrected chi connectivity index (χ4v) is 4.97. The molecule has 0 N–H and O–H groups in total. The summed E-state index contributed by atoms with van der Waals surface area (Å²) in [5, 5.41) is 10.7. The zero-order chi connectivity index (χ0) is 26.8. The normalized spacial score (nSPS) is 11.7. The highest BCUT2D eigenvalue weighted by atomic mass is 35.5. The summed E-state index contributed by atoms with van der Waals surface area (Å²) in [6, 6.07) is 22.5. The van der Waals surface area contributed by atoms with Crippen LogP contribution in [-0.2, 0) is 21.9 Å². The van der Waals surface area contributed by atoms with Crippen LogP contribution >= 0.6 is 23.2 Å². The summed E-state index contributed by atoms with van der Waals surface area (Å²) in [4.78, 5) is 7.83. The van der Waals surface area contributed by atoms with Crippen LogP contribution in [0.1, 0.15) is 36.2 Å². The highest BCUT2D eigenvalue weighted by Gasteiger charge is 2.26. The standard InChI is InChI=1S/C28H23Cl2N3O3S/c1-28(2,21-13-19(16-31)26(25(30)15-21)18-5-4-6-22(29)14-18)20-7-9-24(10-8-20)36-17-23-11-12-32-27(33-23)37(3,34)35/h4-15H,17H2,1-3H3. The molecule has 0 atom stereocenters. The molecule has 3 aromatic carbocycles. The topological polar surface area (TPSA) is 92.9 Å². The Labute approximate surface area is 226 Å². The van der Waals surface area contributed by atoms with E-state index in [1.54, 1.807) is 18.2 Å². The van der Waals surface area contributed by atoms with Gasteiger partial charge in [-0.2, -0.15) is 5.26 Å². The van der Waals surface area contributed by atoms with Crippen LogP contribution in [0.2, 0.25) is 10.0 Å². The van der Waals surface area contributed by atoms with E-state index in [1.165, 1.54) is 6.20 Å². The minimum atomic E-state index is -3.50. The van der Waals surface area contributed by atoms with E-state index >= 15 is 0 Å². The first-order valence-corrected chi connectivity index (χ1v) is 13.9. The number of nitrogens with zero attached hydrogens (tertiary/aromatic N) is 3. The molecule has 0 spiro atoms. The van der Waals surface area contributed by atoms with Gasteiger partial charge in [-0.3, -0.25) is 0 Å². The average molecular weight is 552 g/mol. The molecule has 0 saturated carbocycles. The third kappa shape index (κ3) is 5.94. The van der Waals surface area contributed by atoms with Gasteiger partial charge in [-0.15, -0.1) is 0 Å². The number of aromatic nitrogens is 2. The molecular formula is C28H23Cl2N3O3S. The summed E-state index contributed by atoms with van der Waals surface area (Å²) in [5.74, 6) is 0.603. The Morgan fingerprint density at radius 3 is 2.38 bits per heavy atom. The van der Waals surface area contributed by atoms with Crippen LogP contribution in [0.15, 0.2) is 78.1 Å². The Morgan fingerprint density at radius 1 is 1.00 bits per heavy atom. The van der Waals surface area contributed by atoms with E-state index in [1.807, 2.05) is 48.5 Å². The second kappa shape index (κ2) is 10.5. The third-order valence-corrected chi connectivity index (χ3v) is 7.42. The smallest absolute Gasteiger partial charge is 0.247 e. The van der Waals surface area contributed by atoms with Crippen LogP contribution in [-0.4, -0.2) is 24.6 Å². The number of ether oxygens (including phenoxy) is 1. The summed E-state index contributed by atoms with van der Waals surface area (Å²) in [6.07, 6.45) is 2.46. The van der Waals surface area contributed by atoms with Crippen LogP contribution in [0.3, 0.4) is 0 Å². The molecule has 0 bridgehead atoms. The summed E-state index contributed by atoms with van der Waals surface area (Å²) < 4.78 is 29.2. The van der Waals surface area contributed by atoms with Gasteiger partial charge in [-0.05, 0) is 59.2 Å². The van der Waals surface area contributed by atoms with Crippen molar-refractivity contribution in [1.82, 2.24) is 9.97 Å². The number of benzene rings is 3. The summed E-state index contributed by atoms with van der Waals surface area (Å²) in [5.41, 5.74) is 3.79. The maximum absolute atomic E-state index is 11.7. The molecule has 1 aromatic heterocycles. The van der Waals surface area contributed by atoms with E-state index in [4.69, 9.17) is 27.9 Å². The van der Waals surface area contributed by atoms with E-state index in [-0.39, 0.29) is 11.8 Å². The van der Waals surface area contributed by atoms with E-state index in [9.17, 15) is 13.7 Å². The lowest BCUT2D eigenvalue weighted by Gasteiger charge is -2.27. The molecular weight excluding hydrogens is 529 g/mol. The van der Waals surface area contributed by atoms with Crippen molar-refractivity contribution in [2.75, 3.05) is 6.26 Å². The van der Waals surface area contributed by atoms with Crippen LogP contribution < -0.4 is 4.74 Å². The highest BCUT2D eigenvalue weighted by Crippen LogP contribution is 2.39. The van der Waals surface area contributed by atoms with E-state index in [0.29, 0.717) is 32.6 Å². The number of hydrogen-bond acceptors (Lipinski definition) is 6. The molecule has 37 heavy (non-hydrogen) atoms. The van der Waals surface area contributed by atoms with Gasteiger partial charge in [0.25, 0.3) is 0 Å². The van der Waals surface area contributed by atoms with Gasteiger partial charge in [0.05, 0.1) is 22.3 Å². The maximum Gasteiger partial charge on any atom is 0.247 e. The van der Waals surface area contributed by atoms with E-state index in [0.717, 1.165) is 22.9 Å². The van der Waals surface area contributed by atoms with Crippen LogP contribution in [0.25, 0.3) is 11.1 Å². The quantitative estimate of drug-likeness (QED) is 0.239. The molecule has 4 aromatic rings. The molecule has 188 valence electrons. The second-order valence-electron chi connectivity index (χ2n) is 9.04. The summed E-state index contributed by atoms with van der Waals surface area (Å²) in [7, 11) is -3.50. The molecule has 0 aliphatic rings. The highest BCUT2D eigenvalue weighted by molar-refractivity contribution is 7.90. The molecule has 6 nitrogen and oxygen atoms in total. The van der Waals surface area contributed by atoms with Crippen molar-refractivity contribution < 1.29 is 13.2 Å². The number of rotatable bonds is 7. The van der Waals surface area contributed by atoms with Crippen LogP contribution in [0, 0.1) is 11.3 Å². The van der Waals surface area contributed by atoms with Gasteiger partial charge in [-0.25, -0.2) is 18.4 Å². The van der Waals surface area contributed by atoms with Crippen molar-refractivity contribution in [1.29, 1.82) is 5.26 Å². The fourth-order valence-electron chi connectivity index (χ4n) is 3.92. The number of hydrogen-bond donors (Lipinski definition) is 0. The van der Waals surface area contributed by atoms with Gasteiger partial charge < -0.3 is 4.74 Å². The molecule has 9 heteroatoms. The van der Waals surface area contributed by atoms with Gasteiger partial charge in [-0.1, -0.05) is 61.3 Å². The predicted molar refractivity (Wildman–Crippen MR) is 145 cm³/mol. The predicted octanol–water partition coefficient (Wildman–Crippen LogP) is 6.63. The Bertz CT molecular complexity index is 1610. The molecule has 0 amide bonds. The van der Waals surface area contributed by atoms with Gasteiger partial charge in [0.1, 0.15) is 12.4 Å². The lowest BCUT2D eigenvalue weighted by Crippen LogP contribution is -2.19. The van der Waals surface area contributed by atoms with E-state index in [2.05, 4.69) is 29.9 Å². The minimum absolute atomic E-state index is 0.0971. The molecule has 0 aliphatic heterocycles. The summed E-state index contributed by atoms with van der Waals surface area (Å²) in [6.45, 7) is 4.21. The van der Waals surface area contributed by atoms with Crippen molar-refractivity contribution in [2.24, 2.45) is 0 Å². The van der Waals surface area contributed by atoms with Gasteiger partial charge in [0.15, 0.2) is 0 Å². The SMILES string of the molecule is CC(C)(c1ccc(OCc2ccnc(S(C)(=O)=O)n2)cc1)c1cc(Cl)c(-c2cccc(Cl)c2)c(C#N)c1. The minimum Gasteiger partial charge on any atom is -0.487 e. The Hall–Kier alpha value is -3.44. The first-order valence-electron chi connectivity index (χ1n) is 11.2. The van der Waals surface area contributed by atoms with Crippen LogP contribution in [0.4, 0.5) is 0 Å². The molecule has 0 fully saturated rings. The van der Waals surface area contributed by atoms with Crippen molar-refractivity contribution in [2.45, 2.75) is 31.0 Å². The van der Waals surface area contributed by atoms with Crippen molar-refractivity contribution in [3.63, 3.8) is 0 Å². The average Bonchev–Trinajstić information content (AvgIpc) is 2.86. The van der Waals surface area contributed by atoms with Gasteiger partial charge in [0.2, 0.25) is 15.0 Å². The fraction of sp³-hybridized carbons (Fsp3) is 0.179. The maximum atomic E-state index is 11.7. The molecule has 0 unspecified atom stereocenters. The second-order valence-corrected chi connectivity index (χ2v) is 11.8. The van der Waals surface area contributed by atoms with Gasteiger partial charge in [0, 0.05) is 28.5 Å². The largest absolute Gasteiger partial charge is 0.487 e. The number of halogens is 2. The zero-order valence-corrected chi connectivity index (χ0v) is 22.7. The Kier molecular flexibility index (Phi) is 7.56. The Balaban J connectivity index is 1.57. The van der Waals surface area contributed by atoms with Crippen molar-refractivity contribution >= 4 is 33.0 Å². The zero-order valence-electron chi connectivity index (χ0n) is 20.4. The molecule has 0 radical (unpaired) electrons.